The third-order valence-electron chi connectivity index (χ3n) is 2.81. The summed E-state index contributed by atoms with van der Waals surface area (Å²) in [7, 11) is 3.24. The minimum absolute atomic E-state index is 0.158. The summed E-state index contributed by atoms with van der Waals surface area (Å²) in [6.07, 6.45) is 0.707. The molecule has 0 aliphatic rings. The highest BCUT2D eigenvalue weighted by molar-refractivity contribution is 6.03. The fraction of sp³-hybridized carbons (Fsp3) is 0.308. The SMILES string of the molecule is CCc1nc(C(=O)N(C)c2ccccc2OC)n[nH]1. The number of para-hydroxylation sites is 2. The van der Waals surface area contributed by atoms with Gasteiger partial charge in [-0.05, 0) is 12.1 Å². The van der Waals surface area contributed by atoms with Crippen molar-refractivity contribution in [2.45, 2.75) is 13.3 Å². The number of rotatable bonds is 4. The van der Waals surface area contributed by atoms with Crippen LogP contribution in [0.15, 0.2) is 24.3 Å². The van der Waals surface area contributed by atoms with Crippen LogP contribution in [0.2, 0.25) is 0 Å². The van der Waals surface area contributed by atoms with Crippen LogP contribution in [0.4, 0.5) is 5.69 Å². The van der Waals surface area contributed by atoms with E-state index in [4.69, 9.17) is 4.74 Å². The Morgan fingerprint density at radius 1 is 1.42 bits per heavy atom. The van der Waals surface area contributed by atoms with Crippen LogP contribution in [-0.2, 0) is 6.42 Å². The number of amides is 1. The van der Waals surface area contributed by atoms with Crippen molar-refractivity contribution in [1.29, 1.82) is 0 Å². The Balaban J connectivity index is 2.28. The molecule has 100 valence electrons. The molecule has 1 aromatic heterocycles. The summed E-state index contributed by atoms with van der Waals surface area (Å²) in [4.78, 5) is 17.9. The van der Waals surface area contributed by atoms with E-state index in [0.29, 0.717) is 23.7 Å². The summed E-state index contributed by atoms with van der Waals surface area (Å²) < 4.78 is 5.24. The summed E-state index contributed by atoms with van der Waals surface area (Å²) in [6.45, 7) is 1.94. The lowest BCUT2D eigenvalue weighted by Gasteiger charge is -2.18. The monoisotopic (exact) mass is 260 g/mol. The zero-order valence-electron chi connectivity index (χ0n) is 11.2. The van der Waals surface area contributed by atoms with E-state index < -0.39 is 0 Å². The molecule has 0 unspecified atom stereocenters. The smallest absolute Gasteiger partial charge is 0.297 e. The van der Waals surface area contributed by atoms with Gasteiger partial charge in [0.05, 0.1) is 12.8 Å². The normalized spacial score (nSPS) is 10.3. The maximum atomic E-state index is 12.3. The first-order chi connectivity index (χ1) is 9.17. The number of nitrogens with zero attached hydrogens (tertiary/aromatic N) is 3. The Labute approximate surface area is 111 Å². The lowest BCUT2D eigenvalue weighted by atomic mass is 10.2. The molecule has 19 heavy (non-hydrogen) atoms. The molecule has 2 rings (SSSR count). The highest BCUT2D eigenvalue weighted by Gasteiger charge is 2.20. The molecule has 1 aromatic carbocycles. The van der Waals surface area contributed by atoms with Crippen LogP contribution in [0.3, 0.4) is 0 Å². The number of aryl methyl sites for hydroxylation is 1. The number of anilines is 1. The summed E-state index contributed by atoms with van der Waals surface area (Å²) in [5, 5.41) is 6.65. The molecule has 6 heteroatoms. The second-order valence-electron chi connectivity index (χ2n) is 4.00. The minimum atomic E-state index is -0.277. The van der Waals surface area contributed by atoms with Gasteiger partial charge in [0.1, 0.15) is 11.6 Å². The van der Waals surface area contributed by atoms with Crippen LogP contribution in [-0.4, -0.2) is 35.2 Å². The van der Waals surface area contributed by atoms with Crippen molar-refractivity contribution in [3.05, 3.63) is 35.9 Å². The molecule has 0 saturated heterocycles. The Morgan fingerprint density at radius 3 is 2.79 bits per heavy atom. The summed E-state index contributed by atoms with van der Waals surface area (Å²) in [6, 6.07) is 7.30. The summed E-state index contributed by atoms with van der Waals surface area (Å²) in [5.41, 5.74) is 0.679. The second kappa shape index (κ2) is 5.51. The van der Waals surface area contributed by atoms with Gasteiger partial charge < -0.3 is 9.64 Å². The number of ether oxygens (including phenoxy) is 1. The molecule has 0 aliphatic carbocycles. The van der Waals surface area contributed by atoms with E-state index in [0.717, 1.165) is 0 Å². The molecular formula is C13H16N4O2. The number of benzene rings is 1. The van der Waals surface area contributed by atoms with Crippen LogP contribution >= 0.6 is 0 Å². The number of carbonyl (C=O) groups excluding carboxylic acids is 1. The van der Waals surface area contributed by atoms with E-state index in [1.807, 2.05) is 25.1 Å². The van der Waals surface area contributed by atoms with Crippen LogP contribution in [0.5, 0.6) is 5.75 Å². The van der Waals surface area contributed by atoms with Crippen LogP contribution in [0, 0.1) is 0 Å². The van der Waals surface area contributed by atoms with Gasteiger partial charge in [0, 0.05) is 13.5 Å². The lowest BCUT2D eigenvalue weighted by Crippen LogP contribution is -2.27. The Hall–Kier alpha value is -2.37. The topological polar surface area (TPSA) is 71.1 Å². The molecule has 0 fully saturated rings. The van der Waals surface area contributed by atoms with Crippen molar-refractivity contribution in [3.8, 4) is 5.75 Å². The first-order valence-corrected chi connectivity index (χ1v) is 5.99. The van der Waals surface area contributed by atoms with E-state index in [2.05, 4.69) is 15.2 Å². The van der Waals surface area contributed by atoms with Crippen molar-refractivity contribution in [3.63, 3.8) is 0 Å². The summed E-state index contributed by atoms with van der Waals surface area (Å²) >= 11 is 0. The standard InChI is InChI=1S/C13H16N4O2/c1-4-11-14-12(16-15-11)13(18)17(2)9-7-5-6-8-10(9)19-3/h5-8H,4H2,1-3H3,(H,14,15,16). The van der Waals surface area contributed by atoms with Crippen LogP contribution in [0.1, 0.15) is 23.4 Å². The molecule has 1 N–H and O–H groups in total. The number of carbonyl (C=O) groups is 1. The number of hydrogen-bond donors (Lipinski definition) is 1. The van der Waals surface area contributed by atoms with Crippen molar-refractivity contribution < 1.29 is 9.53 Å². The fourth-order valence-electron chi connectivity index (χ4n) is 1.72. The average molecular weight is 260 g/mol. The summed E-state index contributed by atoms with van der Waals surface area (Å²) in [5.74, 6) is 1.20. The number of aromatic amines is 1. The third kappa shape index (κ3) is 2.57. The van der Waals surface area contributed by atoms with Crippen molar-refractivity contribution in [1.82, 2.24) is 15.2 Å². The fourth-order valence-corrected chi connectivity index (χ4v) is 1.72. The molecule has 0 atom stereocenters. The van der Waals surface area contributed by atoms with Gasteiger partial charge in [-0.1, -0.05) is 19.1 Å². The number of aromatic nitrogens is 3. The van der Waals surface area contributed by atoms with E-state index in [-0.39, 0.29) is 11.7 Å². The van der Waals surface area contributed by atoms with Crippen LogP contribution in [0.25, 0.3) is 0 Å². The maximum absolute atomic E-state index is 12.3. The van der Waals surface area contributed by atoms with Gasteiger partial charge in [-0.3, -0.25) is 9.89 Å². The molecule has 0 saturated carbocycles. The van der Waals surface area contributed by atoms with Gasteiger partial charge in [0.25, 0.3) is 5.91 Å². The number of nitrogens with one attached hydrogen (secondary N) is 1. The lowest BCUT2D eigenvalue weighted by molar-refractivity contribution is 0.0983. The van der Waals surface area contributed by atoms with E-state index in [9.17, 15) is 4.79 Å². The molecule has 0 bridgehead atoms. The number of hydrogen-bond acceptors (Lipinski definition) is 4. The van der Waals surface area contributed by atoms with Crippen LogP contribution < -0.4 is 9.64 Å². The van der Waals surface area contributed by atoms with E-state index in [1.54, 1.807) is 20.2 Å². The predicted molar refractivity (Wildman–Crippen MR) is 71.5 cm³/mol. The molecule has 0 aliphatic heterocycles. The average Bonchev–Trinajstić information content (AvgIpc) is 2.94. The number of methoxy groups -OCH3 is 1. The molecule has 0 radical (unpaired) electrons. The molecular weight excluding hydrogens is 244 g/mol. The Bertz CT molecular complexity index is 580. The molecule has 1 heterocycles. The first kappa shape index (κ1) is 13.1. The predicted octanol–water partition coefficient (Wildman–Crippen LogP) is 1.65. The zero-order valence-corrected chi connectivity index (χ0v) is 11.2. The third-order valence-corrected chi connectivity index (χ3v) is 2.81. The van der Waals surface area contributed by atoms with Gasteiger partial charge in [-0.25, -0.2) is 4.98 Å². The molecule has 2 aromatic rings. The van der Waals surface area contributed by atoms with Gasteiger partial charge in [-0.15, -0.1) is 5.10 Å². The highest BCUT2D eigenvalue weighted by Crippen LogP contribution is 2.27. The molecule has 0 spiro atoms. The highest BCUT2D eigenvalue weighted by atomic mass is 16.5. The second-order valence-corrected chi connectivity index (χ2v) is 4.00. The zero-order chi connectivity index (χ0) is 13.8. The number of H-pyrrole nitrogens is 1. The largest absolute Gasteiger partial charge is 0.495 e. The van der Waals surface area contributed by atoms with Crippen molar-refractivity contribution in [2.75, 3.05) is 19.1 Å². The van der Waals surface area contributed by atoms with Gasteiger partial charge in [0.2, 0.25) is 5.82 Å². The van der Waals surface area contributed by atoms with Gasteiger partial charge in [0.15, 0.2) is 0 Å². The minimum Gasteiger partial charge on any atom is -0.495 e. The Morgan fingerprint density at radius 2 is 2.16 bits per heavy atom. The van der Waals surface area contributed by atoms with Gasteiger partial charge >= 0.3 is 0 Å². The molecule has 1 amide bonds. The quantitative estimate of drug-likeness (QED) is 0.907. The Kier molecular flexibility index (Phi) is 3.79. The maximum Gasteiger partial charge on any atom is 0.297 e. The van der Waals surface area contributed by atoms with Gasteiger partial charge in [-0.2, -0.15) is 0 Å². The van der Waals surface area contributed by atoms with Crippen molar-refractivity contribution in [2.24, 2.45) is 0 Å². The van der Waals surface area contributed by atoms with E-state index in [1.165, 1.54) is 4.90 Å². The molecule has 6 nitrogen and oxygen atoms in total. The van der Waals surface area contributed by atoms with Crippen molar-refractivity contribution >= 4 is 11.6 Å². The van der Waals surface area contributed by atoms with E-state index >= 15 is 0 Å². The first-order valence-electron chi connectivity index (χ1n) is 5.99.